The van der Waals surface area contributed by atoms with E-state index >= 15 is 0 Å². The lowest BCUT2D eigenvalue weighted by atomic mass is 9.98. The van der Waals surface area contributed by atoms with Crippen molar-refractivity contribution in [3.63, 3.8) is 0 Å². The van der Waals surface area contributed by atoms with Crippen LogP contribution in [0, 0.1) is 19.7 Å². The van der Waals surface area contributed by atoms with Gasteiger partial charge in [0.2, 0.25) is 6.41 Å². The van der Waals surface area contributed by atoms with E-state index < -0.39 is 17.3 Å². The maximum atomic E-state index is 14.2. The van der Waals surface area contributed by atoms with Crippen LogP contribution in [-0.4, -0.2) is 59.9 Å². The van der Waals surface area contributed by atoms with Crippen molar-refractivity contribution in [2.45, 2.75) is 33.6 Å². The minimum Gasteiger partial charge on any atom is -0.448 e. The Morgan fingerprint density at radius 3 is 2.27 bits per heavy atom. The molecule has 0 unspecified atom stereocenters. The third-order valence-corrected chi connectivity index (χ3v) is 8.83. The Hall–Kier alpha value is -5.22. The van der Waals surface area contributed by atoms with Crippen LogP contribution < -0.4 is 10.2 Å². The van der Waals surface area contributed by atoms with Crippen LogP contribution in [0.4, 0.5) is 19.7 Å². The summed E-state index contributed by atoms with van der Waals surface area (Å²) in [6.45, 7) is 8.15. The number of aromatic nitrogens is 1. The van der Waals surface area contributed by atoms with Crippen molar-refractivity contribution in [1.82, 2.24) is 15.2 Å². The Balaban J connectivity index is 1.23. The molecule has 11 heteroatoms. The summed E-state index contributed by atoms with van der Waals surface area (Å²) >= 11 is 5.57. The van der Waals surface area contributed by atoms with Crippen LogP contribution in [-0.2, 0) is 9.53 Å². The zero-order chi connectivity index (χ0) is 34.5. The SMILES string of the molecule is CCN(CCNC(=O)c1c(C)[nH]c(/C=C(\C)c2cc(F)ccc2N(C=O)C(=O)Cl)c1C)C(=O)OCC1c2ccccc2-c2ccccc21. The van der Waals surface area contributed by atoms with Crippen molar-refractivity contribution in [3.05, 3.63) is 112 Å². The highest BCUT2D eigenvalue weighted by Crippen LogP contribution is 2.44. The molecule has 0 radical (unpaired) electrons. The van der Waals surface area contributed by atoms with Gasteiger partial charge in [0.1, 0.15) is 12.4 Å². The van der Waals surface area contributed by atoms with Gasteiger partial charge in [-0.15, -0.1) is 0 Å². The minimum atomic E-state index is -1.03. The molecule has 1 aromatic heterocycles. The first-order chi connectivity index (χ1) is 23.0. The van der Waals surface area contributed by atoms with E-state index in [1.807, 2.05) is 31.2 Å². The molecule has 0 fully saturated rings. The van der Waals surface area contributed by atoms with E-state index in [0.717, 1.165) is 28.3 Å². The molecule has 48 heavy (non-hydrogen) atoms. The summed E-state index contributed by atoms with van der Waals surface area (Å²) in [6.07, 6.45) is 1.51. The molecule has 4 aromatic rings. The topological polar surface area (TPSA) is 112 Å². The first-order valence-electron chi connectivity index (χ1n) is 15.5. The Bertz CT molecular complexity index is 1870. The molecule has 0 spiro atoms. The highest BCUT2D eigenvalue weighted by Gasteiger charge is 2.29. The standard InChI is InChI=1S/C37H36ClFN4O5/c1-5-42(37(47)48-20-31-28-12-8-6-10-26(28)27-11-7-9-13-29(27)31)17-16-40-35(45)34-23(3)32(41-24(34)4)18-22(2)30-19-25(39)14-15-33(30)43(21-44)36(38)46/h6-15,18-19,21,31,41H,5,16-17,20H2,1-4H3,(H,40,45)/b22-18+. The second-order valence-electron chi connectivity index (χ2n) is 11.5. The Morgan fingerprint density at radius 1 is 1.02 bits per heavy atom. The monoisotopic (exact) mass is 670 g/mol. The number of H-pyrrole nitrogens is 1. The van der Waals surface area contributed by atoms with Gasteiger partial charge in [-0.1, -0.05) is 48.5 Å². The quantitative estimate of drug-likeness (QED) is 0.0967. The van der Waals surface area contributed by atoms with Crippen LogP contribution in [0.2, 0.25) is 0 Å². The maximum Gasteiger partial charge on any atom is 0.409 e. The number of benzene rings is 3. The number of ether oxygens (including phenoxy) is 1. The predicted molar refractivity (Wildman–Crippen MR) is 185 cm³/mol. The normalized spacial score (nSPS) is 12.2. The summed E-state index contributed by atoms with van der Waals surface area (Å²) in [5.41, 5.74) is 7.77. The van der Waals surface area contributed by atoms with E-state index in [0.29, 0.717) is 39.5 Å². The fourth-order valence-electron chi connectivity index (χ4n) is 6.24. The average Bonchev–Trinajstić information content (AvgIpc) is 3.54. The Morgan fingerprint density at radius 2 is 1.67 bits per heavy atom. The number of hydrogen-bond acceptors (Lipinski definition) is 5. The number of allylic oxidation sites excluding steroid dienone is 1. The third kappa shape index (κ3) is 6.89. The lowest BCUT2D eigenvalue weighted by Crippen LogP contribution is -2.39. The van der Waals surface area contributed by atoms with E-state index in [9.17, 15) is 23.6 Å². The van der Waals surface area contributed by atoms with E-state index in [-0.39, 0.29) is 49.2 Å². The van der Waals surface area contributed by atoms with Gasteiger partial charge in [0.15, 0.2) is 0 Å². The van der Waals surface area contributed by atoms with E-state index in [2.05, 4.69) is 34.6 Å². The third-order valence-electron chi connectivity index (χ3n) is 8.65. The number of imide groups is 1. The smallest absolute Gasteiger partial charge is 0.409 e. The summed E-state index contributed by atoms with van der Waals surface area (Å²) < 4.78 is 20.0. The van der Waals surface area contributed by atoms with Crippen LogP contribution in [0.1, 0.15) is 63.8 Å². The fraction of sp³-hybridized carbons (Fsp3) is 0.243. The molecule has 2 N–H and O–H groups in total. The minimum absolute atomic E-state index is 0.0505. The molecule has 0 saturated heterocycles. The number of fused-ring (bicyclic) bond motifs is 3. The number of carbonyl (C=O) groups is 4. The lowest BCUT2D eigenvalue weighted by molar-refractivity contribution is -0.106. The van der Waals surface area contributed by atoms with Gasteiger partial charge in [-0.05, 0) is 97.0 Å². The molecular formula is C37H36ClFN4O5. The number of aromatic amines is 1. The largest absolute Gasteiger partial charge is 0.448 e. The number of anilines is 1. The summed E-state index contributed by atoms with van der Waals surface area (Å²) in [5.74, 6) is -0.938. The zero-order valence-electron chi connectivity index (χ0n) is 27.1. The lowest BCUT2D eigenvalue weighted by Gasteiger charge is -2.22. The molecule has 4 amide bonds. The van der Waals surface area contributed by atoms with Gasteiger partial charge < -0.3 is 19.9 Å². The van der Waals surface area contributed by atoms with Crippen molar-refractivity contribution in [1.29, 1.82) is 0 Å². The molecule has 0 aliphatic heterocycles. The van der Waals surface area contributed by atoms with Crippen molar-refractivity contribution < 1.29 is 28.3 Å². The molecular weight excluding hydrogens is 635 g/mol. The van der Waals surface area contributed by atoms with Crippen molar-refractivity contribution in [2.24, 2.45) is 0 Å². The Labute approximate surface area is 283 Å². The van der Waals surface area contributed by atoms with Gasteiger partial charge in [-0.25, -0.2) is 14.1 Å². The van der Waals surface area contributed by atoms with Crippen molar-refractivity contribution in [2.75, 3.05) is 31.1 Å². The van der Waals surface area contributed by atoms with Gasteiger partial charge >= 0.3 is 11.5 Å². The molecule has 0 saturated carbocycles. The van der Waals surface area contributed by atoms with E-state index in [4.69, 9.17) is 16.3 Å². The Kier molecular flexibility index (Phi) is 10.4. The summed E-state index contributed by atoms with van der Waals surface area (Å²) in [5, 5.41) is 1.87. The zero-order valence-corrected chi connectivity index (χ0v) is 27.9. The number of nitrogens with zero attached hydrogens (tertiary/aromatic N) is 2. The van der Waals surface area contributed by atoms with Gasteiger partial charge in [0, 0.05) is 42.5 Å². The number of halogens is 2. The molecule has 248 valence electrons. The van der Waals surface area contributed by atoms with Gasteiger partial charge in [0.05, 0.1) is 11.3 Å². The fourth-order valence-corrected chi connectivity index (χ4v) is 6.37. The van der Waals surface area contributed by atoms with Crippen LogP contribution >= 0.6 is 11.6 Å². The molecule has 3 aromatic carbocycles. The number of amides is 4. The van der Waals surface area contributed by atoms with Gasteiger partial charge in [0.25, 0.3) is 5.91 Å². The van der Waals surface area contributed by atoms with E-state index in [1.54, 1.807) is 31.7 Å². The molecule has 5 rings (SSSR count). The number of likely N-dealkylation sites (N-methyl/N-ethyl adjacent to an activating group) is 1. The van der Waals surface area contributed by atoms with Gasteiger partial charge in [-0.2, -0.15) is 0 Å². The van der Waals surface area contributed by atoms with Crippen LogP contribution in [0.5, 0.6) is 0 Å². The number of rotatable bonds is 11. The number of carbonyl (C=O) groups excluding carboxylic acids is 4. The first-order valence-corrected chi connectivity index (χ1v) is 15.9. The molecule has 1 aliphatic carbocycles. The summed E-state index contributed by atoms with van der Waals surface area (Å²) in [7, 11) is 0. The van der Waals surface area contributed by atoms with Crippen LogP contribution in [0.3, 0.4) is 0 Å². The molecule has 1 heterocycles. The number of hydrogen-bond donors (Lipinski definition) is 2. The van der Waals surface area contributed by atoms with Crippen LogP contribution in [0.25, 0.3) is 22.8 Å². The highest BCUT2D eigenvalue weighted by atomic mass is 35.5. The second kappa shape index (κ2) is 14.7. The first kappa shape index (κ1) is 34.1. The average molecular weight is 671 g/mol. The molecule has 9 nitrogen and oxygen atoms in total. The predicted octanol–water partition coefficient (Wildman–Crippen LogP) is 7.65. The molecule has 0 atom stereocenters. The van der Waals surface area contributed by atoms with Gasteiger partial charge in [-0.3, -0.25) is 14.4 Å². The van der Waals surface area contributed by atoms with Crippen molar-refractivity contribution in [3.8, 4) is 11.1 Å². The summed E-state index contributed by atoms with van der Waals surface area (Å²) in [4.78, 5) is 55.1. The highest BCUT2D eigenvalue weighted by molar-refractivity contribution is 6.67. The molecule has 1 aliphatic rings. The summed E-state index contributed by atoms with van der Waals surface area (Å²) in [6, 6.07) is 19.9. The van der Waals surface area contributed by atoms with Crippen molar-refractivity contribution >= 4 is 52.7 Å². The second-order valence-corrected chi connectivity index (χ2v) is 11.8. The number of nitrogens with one attached hydrogen (secondary N) is 2. The van der Waals surface area contributed by atoms with Crippen LogP contribution in [0.15, 0.2) is 66.7 Å². The molecule has 0 bridgehead atoms. The van der Waals surface area contributed by atoms with E-state index in [1.165, 1.54) is 12.1 Å². The maximum absolute atomic E-state index is 14.2. The number of aryl methyl sites for hydroxylation is 1.